The molecule has 0 spiro atoms. The first-order valence-electron chi connectivity index (χ1n) is 5.17. The van der Waals surface area contributed by atoms with Gasteiger partial charge in [0.05, 0.1) is 5.75 Å². The van der Waals surface area contributed by atoms with Crippen molar-refractivity contribution in [1.82, 2.24) is 9.59 Å². The highest BCUT2D eigenvalue weighted by molar-refractivity contribution is 7.93. The Bertz CT molecular complexity index is 632. The summed E-state index contributed by atoms with van der Waals surface area (Å²) >= 11 is 0.936. The molecule has 0 radical (unpaired) electrons. The first kappa shape index (κ1) is 12.2. The molecule has 1 aromatic heterocycles. The van der Waals surface area contributed by atoms with E-state index in [1.165, 1.54) is 0 Å². The number of hydrogen-bond donors (Lipinski definition) is 0. The van der Waals surface area contributed by atoms with Gasteiger partial charge in [0.25, 0.3) is 0 Å². The van der Waals surface area contributed by atoms with Crippen molar-refractivity contribution in [2.75, 3.05) is 5.75 Å². The summed E-state index contributed by atoms with van der Waals surface area (Å²) in [5.74, 6) is 0.0652. The number of nitrogens with zero attached hydrogens (tertiary/aromatic N) is 2. The van der Waals surface area contributed by atoms with E-state index in [0.717, 1.165) is 22.7 Å². The van der Waals surface area contributed by atoms with Crippen LogP contribution in [-0.4, -0.2) is 23.8 Å². The highest BCUT2D eigenvalue weighted by Crippen LogP contribution is 2.30. The molecule has 2 aromatic rings. The third-order valence-electron chi connectivity index (χ3n) is 2.52. The van der Waals surface area contributed by atoms with Crippen molar-refractivity contribution in [3.63, 3.8) is 0 Å². The quantitative estimate of drug-likeness (QED) is 0.857. The van der Waals surface area contributed by atoms with Crippen molar-refractivity contribution >= 4 is 21.4 Å². The summed E-state index contributed by atoms with van der Waals surface area (Å²) in [6, 6.07) is 7.56. The number of hydrogen-bond acceptors (Lipinski definition) is 5. The summed E-state index contributed by atoms with van der Waals surface area (Å²) in [6.45, 7) is 3.55. The van der Waals surface area contributed by atoms with E-state index in [2.05, 4.69) is 9.59 Å². The fourth-order valence-electron chi connectivity index (χ4n) is 1.52. The van der Waals surface area contributed by atoms with Crippen LogP contribution in [0, 0.1) is 6.92 Å². The van der Waals surface area contributed by atoms with Crippen LogP contribution in [0.2, 0.25) is 0 Å². The topological polar surface area (TPSA) is 59.9 Å². The summed E-state index contributed by atoms with van der Waals surface area (Å²) in [5.41, 5.74) is 2.29. The summed E-state index contributed by atoms with van der Waals surface area (Å²) in [4.78, 5) is 0. The minimum atomic E-state index is -3.26. The SMILES string of the molecule is CCS(=O)(=O)c1snnc1-c1ccccc1C. The predicted molar refractivity (Wildman–Crippen MR) is 67.8 cm³/mol. The molecule has 0 aliphatic heterocycles. The van der Waals surface area contributed by atoms with E-state index < -0.39 is 9.84 Å². The molecular weight excluding hydrogens is 256 g/mol. The fourth-order valence-corrected chi connectivity index (χ4v) is 3.57. The zero-order chi connectivity index (χ0) is 12.5. The molecule has 1 heterocycles. The zero-order valence-electron chi connectivity index (χ0n) is 9.54. The highest BCUT2D eigenvalue weighted by Gasteiger charge is 2.22. The van der Waals surface area contributed by atoms with E-state index in [-0.39, 0.29) is 9.96 Å². The molecule has 0 fully saturated rings. The van der Waals surface area contributed by atoms with Crippen molar-refractivity contribution in [2.45, 2.75) is 18.1 Å². The molecule has 4 nitrogen and oxygen atoms in total. The molecule has 0 N–H and O–H groups in total. The normalized spacial score (nSPS) is 11.6. The largest absolute Gasteiger partial charge is 0.223 e. The lowest BCUT2D eigenvalue weighted by Gasteiger charge is -2.04. The molecule has 0 aliphatic carbocycles. The van der Waals surface area contributed by atoms with Gasteiger partial charge in [-0.05, 0) is 12.5 Å². The molecule has 6 heteroatoms. The second kappa shape index (κ2) is 4.54. The lowest BCUT2D eigenvalue weighted by Crippen LogP contribution is -2.03. The van der Waals surface area contributed by atoms with Crippen molar-refractivity contribution in [1.29, 1.82) is 0 Å². The molecule has 90 valence electrons. The monoisotopic (exact) mass is 268 g/mol. The first-order chi connectivity index (χ1) is 8.06. The predicted octanol–water partition coefficient (Wildman–Crippen LogP) is 2.31. The molecule has 0 unspecified atom stereocenters. The van der Waals surface area contributed by atoms with Crippen LogP contribution in [-0.2, 0) is 9.84 Å². The minimum Gasteiger partial charge on any atom is -0.223 e. The Morgan fingerprint density at radius 1 is 1.29 bits per heavy atom. The minimum absolute atomic E-state index is 0.0652. The highest BCUT2D eigenvalue weighted by atomic mass is 32.2. The summed E-state index contributed by atoms with van der Waals surface area (Å²) in [6.07, 6.45) is 0. The van der Waals surface area contributed by atoms with Gasteiger partial charge < -0.3 is 0 Å². The number of benzene rings is 1. The molecule has 0 atom stereocenters. The Balaban J connectivity index is 2.64. The van der Waals surface area contributed by atoms with Crippen molar-refractivity contribution < 1.29 is 8.42 Å². The van der Waals surface area contributed by atoms with Gasteiger partial charge in [0.15, 0.2) is 14.0 Å². The van der Waals surface area contributed by atoms with Crippen LogP contribution in [0.4, 0.5) is 0 Å². The Hall–Kier alpha value is -1.27. The van der Waals surface area contributed by atoms with Crippen molar-refractivity contribution in [3.8, 4) is 11.3 Å². The van der Waals surface area contributed by atoms with Crippen LogP contribution in [0.15, 0.2) is 28.5 Å². The molecule has 0 saturated carbocycles. The average Bonchev–Trinajstić information content (AvgIpc) is 2.79. The first-order valence-corrected chi connectivity index (χ1v) is 7.60. The molecule has 17 heavy (non-hydrogen) atoms. The summed E-state index contributed by atoms with van der Waals surface area (Å²) in [5, 5.41) is 3.95. The van der Waals surface area contributed by atoms with Crippen LogP contribution in [0.1, 0.15) is 12.5 Å². The van der Waals surface area contributed by atoms with Gasteiger partial charge in [0.2, 0.25) is 0 Å². The molecule has 1 aromatic carbocycles. The maximum atomic E-state index is 11.9. The molecular formula is C11H12N2O2S2. The standard InChI is InChI=1S/C11H12N2O2S2/c1-3-17(14,15)11-10(12-13-16-11)9-7-5-4-6-8(9)2/h4-7H,3H2,1-2H3. The second-order valence-electron chi connectivity index (χ2n) is 3.63. The number of aryl methyl sites for hydroxylation is 1. The van der Waals surface area contributed by atoms with Gasteiger partial charge in [0, 0.05) is 17.1 Å². The van der Waals surface area contributed by atoms with E-state index in [4.69, 9.17) is 0 Å². The zero-order valence-corrected chi connectivity index (χ0v) is 11.2. The van der Waals surface area contributed by atoms with Crippen LogP contribution in [0.25, 0.3) is 11.3 Å². The van der Waals surface area contributed by atoms with E-state index in [0.29, 0.717) is 5.69 Å². The molecule has 2 rings (SSSR count). The number of rotatable bonds is 3. The average molecular weight is 268 g/mol. The Kier molecular flexibility index (Phi) is 3.26. The number of aromatic nitrogens is 2. The number of sulfone groups is 1. The smallest absolute Gasteiger partial charge is 0.191 e. The third-order valence-corrected chi connectivity index (χ3v) is 5.55. The van der Waals surface area contributed by atoms with Crippen molar-refractivity contribution in [3.05, 3.63) is 29.8 Å². The molecule has 0 saturated heterocycles. The van der Waals surface area contributed by atoms with Gasteiger partial charge in [-0.25, -0.2) is 8.42 Å². The Labute approximate surface area is 104 Å². The van der Waals surface area contributed by atoms with Gasteiger partial charge in [-0.2, -0.15) is 0 Å². The molecule has 0 aliphatic rings. The maximum absolute atomic E-state index is 11.9. The van der Waals surface area contributed by atoms with E-state index in [9.17, 15) is 8.42 Å². The maximum Gasteiger partial charge on any atom is 0.191 e. The van der Waals surface area contributed by atoms with Gasteiger partial charge in [0.1, 0.15) is 5.69 Å². The Morgan fingerprint density at radius 2 is 2.00 bits per heavy atom. The van der Waals surface area contributed by atoms with E-state index in [1.807, 2.05) is 31.2 Å². The van der Waals surface area contributed by atoms with Gasteiger partial charge in [-0.3, -0.25) is 0 Å². The van der Waals surface area contributed by atoms with E-state index in [1.54, 1.807) is 6.92 Å². The second-order valence-corrected chi connectivity index (χ2v) is 6.85. The lowest BCUT2D eigenvalue weighted by molar-refractivity contribution is 0.599. The van der Waals surface area contributed by atoms with Crippen molar-refractivity contribution in [2.24, 2.45) is 0 Å². The van der Waals surface area contributed by atoms with Crippen LogP contribution >= 0.6 is 11.5 Å². The van der Waals surface area contributed by atoms with Gasteiger partial charge >= 0.3 is 0 Å². The van der Waals surface area contributed by atoms with Gasteiger partial charge in [-0.1, -0.05) is 35.7 Å². The van der Waals surface area contributed by atoms with Gasteiger partial charge in [-0.15, -0.1) is 5.10 Å². The lowest BCUT2D eigenvalue weighted by atomic mass is 10.1. The molecule has 0 bridgehead atoms. The van der Waals surface area contributed by atoms with E-state index >= 15 is 0 Å². The van der Waals surface area contributed by atoms with Crippen LogP contribution in [0.5, 0.6) is 0 Å². The third kappa shape index (κ3) is 2.23. The molecule has 0 amide bonds. The van der Waals surface area contributed by atoms with Crippen LogP contribution < -0.4 is 0 Å². The fraction of sp³-hybridized carbons (Fsp3) is 0.273. The van der Waals surface area contributed by atoms with Crippen LogP contribution in [0.3, 0.4) is 0 Å². The summed E-state index contributed by atoms with van der Waals surface area (Å²) < 4.78 is 27.8. The Morgan fingerprint density at radius 3 is 2.65 bits per heavy atom. The summed E-state index contributed by atoms with van der Waals surface area (Å²) in [7, 11) is -3.26.